The quantitative estimate of drug-likeness (QED) is 0.621. The predicted molar refractivity (Wildman–Crippen MR) is 73.5 cm³/mol. The number of nitrogens with zero attached hydrogens (tertiary/aromatic N) is 4. The third-order valence-corrected chi connectivity index (χ3v) is 2.67. The molecule has 0 unspecified atom stereocenters. The van der Waals surface area contributed by atoms with Crippen molar-refractivity contribution in [2.45, 2.75) is 13.8 Å². The van der Waals surface area contributed by atoms with Crippen molar-refractivity contribution < 1.29 is 9.53 Å². The summed E-state index contributed by atoms with van der Waals surface area (Å²) in [6, 6.07) is 0. The molecule has 2 aromatic heterocycles. The Balaban J connectivity index is 1.94. The van der Waals surface area contributed by atoms with Crippen molar-refractivity contribution in [1.82, 2.24) is 24.9 Å². The molecular formula is C13H17N5O2. The number of fused-ring (bicyclic) bond motifs is 1. The van der Waals surface area contributed by atoms with Gasteiger partial charge in [-0.1, -0.05) is 12.2 Å². The highest BCUT2D eigenvalue weighted by Gasteiger charge is 2.12. The first-order chi connectivity index (χ1) is 9.59. The van der Waals surface area contributed by atoms with Crippen LogP contribution in [0.2, 0.25) is 0 Å². The zero-order valence-corrected chi connectivity index (χ0v) is 11.6. The molecule has 0 saturated carbocycles. The molecule has 7 heteroatoms. The van der Waals surface area contributed by atoms with E-state index in [4.69, 9.17) is 4.74 Å². The minimum Gasteiger partial charge on any atom is -0.375 e. The summed E-state index contributed by atoms with van der Waals surface area (Å²) in [5, 5.41) is 6.79. The van der Waals surface area contributed by atoms with Gasteiger partial charge in [0.25, 0.3) is 11.7 Å². The molecule has 0 spiro atoms. The van der Waals surface area contributed by atoms with Gasteiger partial charge in [0.1, 0.15) is 6.33 Å². The zero-order chi connectivity index (χ0) is 14.5. The molecule has 0 aliphatic heterocycles. The van der Waals surface area contributed by atoms with Gasteiger partial charge in [0.2, 0.25) is 0 Å². The van der Waals surface area contributed by atoms with Crippen molar-refractivity contribution >= 4 is 11.7 Å². The second-order valence-corrected chi connectivity index (χ2v) is 4.49. The molecule has 0 saturated heterocycles. The third-order valence-electron chi connectivity index (χ3n) is 2.67. The molecule has 0 atom stereocenters. The van der Waals surface area contributed by atoms with E-state index in [2.05, 4.69) is 27.0 Å². The van der Waals surface area contributed by atoms with Crippen molar-refractivity contribution in [1.29, 1.82) is 0 Å². The maximum atomic E-state index is 12.0. The summed E-state index contributed by atoms with van der Waals surface area (Å²) in [5.74, 6) is 0.273. The fraction of sp³-hybridized carbons (Fsp3) is 0.385. The Morgan fingerprint density at radius 3 is 3.05 bits per heavy atom. The maximum absolute atomic E-state index is 12.0. The standard InChI is InChI=1S/C13H17N5O2/c1-9(2)7-20-5-4-14-12(19)11-6-15-13-16-8-17-18(13)10(11)3/h6,8H,1,4-5,7H2,2-3H3,(H,14,19). The minimum atomic E-state index is -0.202. The van der Waals surface area contributed by atoms with Crippen LogP contribution in [0.1, 0.15) is 23.0 Å². The van der Waals surface area contributed by atoms with E-state index in [1.165, 1.54) is 17.0 Å². The number of hydrogen-bond donors (Lipinski definition) is 1. The number of carbonyl (C=O) groups excluding carboxylic acids is 1. The van der Waals surface area contributed by atoms with Crippen LogP contribution in [-0.4, -0.2) is 45.2 Å². The van der Waals surface area contributed by atoms with E-state index in [0.717, 1.165) is 5.57 Å². The molecule has 2 rings (SSSR count). The normalized spacial score (nSPS) is 10.7. The van der Waals surface area contributed by atoms with Crippen molar-refractivity contribution in [3.05, 3.63) is 35.9 Å². The molecule has 2 aromatic rings. The molecule has 1 amide bonds. The van der Waals surface area contributed by atoms with E-state index in [1.807, 2.05) is 6.92 Å². The Labute approximate surface area is 116 Å². The summed E-state index contributed by atoms with van der Waals surface area (Å²) in [4.78, 5) is 20.1. The monoisotopic (exact) mass is 275 g/mol. The summed E-state index contributed by atoms with van der Waals surface area (Å²) in [6.45, 7) is 8.80. The summed E-state index contributed by atoms with van der Waals surface area (Å²) in [5.41, 5.74) is 2.13. The van der Waals surface area contributed by atoms with Gasteiger partial charge in [-0.2, -0.15) is 10.1 Å². The Morgan fingerprint density at radius 2 is 2.30 bits per heavy atom. The number of aryl methyl sites for hydroxylation is 1. The SMILES string of the molecule is C=C(C)COCCNC(=O)c1cnc2ncnn2c1C. The maximum Gasteiger partial charge on any atom is 0.254 e. The van der Waals surface area contributed by atoms with Gasteiger partial charge in [-0.15, -0.1) is 0 Å². The fourth-order valence-corrected chi connectivity index (χ4v) is 1.69. The number of hydrogen-bond acceptors (Lipinski definition) is 5. The topological polar surface area (TPSA) is 81.4 Å². The van der Waals surface area contributed by atoms with Gasteiger partial charge in [-0.05, 0) is 13.8 Å². The first-order valence-electron chi connectivity index (χ1n) is 6.25. The Hall–Kier alpha value is -2.28. The molecule has 0 bridgehead atoms. The van der Waals surface area contributed by atoms with Crippen LogP contribution in [0.3, 0.4) is 0 Å². The highest BCUT2D eigenvalue weighted by Crippen LogP contribution is 2.06. The minimum absolute atomic E-state index is 0.202. The average molecular weight is 275 g/mol. The van der Waals surface area contributed by atoms with Crippen LogP contribution in [0.15, 0.2) is 24.7 Å². The van der Waals surface area contributed by atoms with Crippen LogP contribution >= 0.6 is 0 Å². The number of nitrogens with one attached hydrogen (secondary N) is 1. The number of carbonyl (C=O) groups is 1. The van der Waals surface area contributed by atoms with Crippen molar-refractivity contribution in [2.75, 3.05) is 19.8 Å². The van der Waals surface area contributed by atoms with Crippen molar-refractivity contribution in [3.63, 3.8) is 0 Å². The number of aromatic nitrogens is 4. The predicted octanol–water partition coefficient (Wildman–Crippen LogP) is 0.755. The van der Waals surface area contributed by atoms with Gasteiger partial charge in [-0.3, -0.25) is 4.79 Å². The van der Waals surface area contributed by atoms with Gasteiger partial charge < -0.3 is 10.1 Å². The van der Waals surface area contributed by atoms with Gasteiger partial charge in [0.15, 0.2) is 0 Å². The molecule has 106 valence electrons. The van der Waals surface area contributed by atoms with Gasteiger partial charge >= 0.3 is 0 Å². The molecule has 7 nitrogen and oxygen atoms in total. The summed E-state index contributed by atoms with van der Waals surface area (Å²) in [6.07, 6.45) is 2.91. The summed E-state index contributed by atoms with van der Waals surface area (Å²) in [7, 11) is 0. The number of rotatable bonds is 6. The van der Waals surface area contributed by atoms with Crippen LogP contribution in [-0.2, 0) is 4.74 Å². The van der Waals surface area contributed by atoms with Crippen LogP contribution in [0, 0.1) is 6.92 Å². The number of amides is 1. The fourth-order valence-electron chi connectivity index (χ4n) is 1.69. The lowest BCUT2D eigenvalue weighted by Crippen LogP contribution is -2.28. The lowest BCUT2D eigenvalue weighted by atomic mass is 10.2. The Bertz CT molecular complexity index is 635. The van der Waals surface area contributed by atoms with Crippen LogP contribution in [0.25, 0.3) is 5.78 Å². The van der Waals surface area contributed by atoms with E-state index in [9.17, 15) is 4.79 Å². The second-order valence-electron chi connectivity index (χ2n) is 4.49. The molecule has 0 aliphatic rings. The van der Waals surface area contributed by atoms with Crippen LogP contribution < -0.4 is 5.32 Å². The third kappa shape index (κ3) is 3.18. The Morgan fingerprint density at radius 1 is 1.50 bits per heavy atom. The average Bonchev–Trinajstić information content (AvgIpc) is 2.87. The van der Waals surface area contributed by atoms with Crippen molar-refractivity contribution in [3.8, 4) is 0 Å². The van der Waals surface area contributed by atoms with E-state index in [-0.39, 0.29) is 5.91 Å². The summed E-state index contributed by atoms with van der Waals surface area (Å²) >= 11 is 0. The Kier molecular flexibility index (Phi) is 4.41. The molecular weight excluding hydrogens is 258 g/mol. The van der Waals surface area contributed by atoms with E-state index in [1.54, 1.807) is 6.92 Å². The van der Waals surface area contributed by atoms with E-state index in [0.29, 0.717) is 36.8 Å². The second kappa shape index (κ2) is 6.25. The highest BCUT2D eigenvalue weighted by atomic mass is 16.5. The van der Waals surface area contributed by atoms with Gasteiger partial charge in [-0.25, -0.2) is 9.50 Å². The first kappa shape index (κ1) is 14.1. The molecule has 0 aromatic carbocycles. The molecule has 1 N–H and O–H groups in total. The lowest BCUT2D eigenvalue weighted by molar-refractivity contribution is 0.0925. The molecule has 20 heavy (non-hydrogen) atoms. The molecule has 0 radical (unpaired) electrons. The van der Waals surface area contributed by atoms with Gasteiger partial charge in [0.05, 0.1) is 24.5 Å². The molecule has 0 fully saturated rings. The summed E-state index contributed by atoms with van der Waals surface area (Å²) < 4.78 is 6.85. The van der Waals surface area contributed by atoms with E-state index < -0.39 is 0 Å². The smallest absolute Gasteiger partial charge is 0.254 e. The lowest BCUT2D eigenvalue weighted by Gasteiger charge is -2.08. The van der Waals surface area contributed by atoms with E-state index >= 15 is 0 Å². The van der Waals surface area contributed by atoms with Gasteiger partial charge in [0, 0.05) is 12.7 Å². The molecule has 0 aliphatic carbocycles. The first-order valence-corrected chi connectivity index (χ1v) is 6.25. The number of ether oxygens (including phenoxy) is 1. The van der Waals surface area contributed by atoms with Crippen molar-refractivity contribution in [2.24, 2.45) is 0 Å². The largest absolute Gasteiger partial charge is 0.375 e. The highest BCUT2D eigenvalue weighted by molar-refractivity contribution is 5.95. The van der Waals surface area contributed by atoms with Crippen LogP contribution in [0.4, 0.5) is 0 Å². The van der Waals surface area contributed by atoms with Crippen LogP contribution in [0.5, 0.6) is 0 Å². The zero-order valence-electron chi connectivity index (χ0n) is 11.6. The molecule has 2 heterocycles.